The summed E-state index contributed by atoms with van der Waals surface area (Å²) in [6.07, 6.45) is 2.32. The molecule has 3 rings (SSSR count). The summed E-state index contributed by atoms with van der Waals surface area (Å²) in [5.74, 6) is 0.727. The third-order valence-corrected chi connectivity index (χ3v) is 4.73. The van der Waals surface area contributed by atoms with Gasteiger partial charge in [-0.3, -0.25) is 4.90 Å². The van der Waals surface area contributed by atoms with Crippen molar-refractivity contribution in [3.63, 3.8) is 0 Å². The molecule has 2 atom stereocenters. The van der Waals surface area contributed by atoms with Crippen molar-refractivity contribution >= 4 is 23.4 Å². The molecule has 4 nitrogen and oxygen atoms in total. The van der Waals surface area contributed by atoms with Crippen LogP contribution in [0.1, 0.15) is 30.9 Å². The molecule has 2 heterocycles. The highest BCUT2D eigenvalue weighted by molar-refractivity contribution is 5.85. The summed E-state index contributed by atoms with van der Waals surface area (Å²) in [5, 5.41) is 1.03. The minimum Gasteiger partial charge on any atom is -0.423 e. The summed E-state index contributed by atoms with van der Waals surface area (Å²) in [6.45, 7) is 6.76. The number of benzene rings is 1. The minimum atomic E-state index is -0.275. The number of likely N-dealkylation sites (tertiary alicyclic amines) is 1. The van der Waals surface area contributed by atoms with E-state index in [0.717, 1.165) is 41.9 Å². The third kappa shape index (κ3) is 3.94. The van der Waals surface area contributed by atoms with Crippen molar-refractivity contribution in [3.05, 3.63) is 45.8 Å². The number of nitrogens with two attached hydrogens (primary N) is 1. The molecular formula is C18H25ClN2O2. The summed E-state index contributed by atoms with van der Waals surface area (Å²) in [7, 11) is 0. The van der Waals surface area contributed by atoms with Gasteiger partial charge < -0.3 is 10.2 Å². The summed E-state index contributed by atoms with van der Waals surface area (Å²) < 4.78 is 5.34. The van der Waals surface area contributed by atoms with Crippen LogP contribution < -0.4 is 11.4 Å². The number of rotatable bonds is 3. The van der Waals surface area contributed by atoms with Gasteiger partial charge in [0.05, 0.1) is 0 Å². The average Bonchev–Trinajstić information content (AvgIpc) is 2.48. The SMILES string of the molecule is Cc1ccc2c(CN3CCC(C)CC3CN)cc(=O)oc2c1.Cl. The van der Waals surface area contributed by atoms with Crippen LogP contribution in [0.25, 0.3) is 11.0 Å². The fourth-order valence-electron chi connectivity index (χ4n) is 3.44. The van der Waals surface area contributed by atoms with Crippen molar-refractivity contribution in [2.75, 3.05) is 13.1 Å². The maximum Gasteiger partial charge on any atom is 0.336 e. The van der Waals surface area contributed by atoms with Crippen LogP contribution in [0.3, 0.4) is 0 Å². The summed E-state index contributed by atoms with van der Waals surface area (Å²) in [6, 6.07) is 8.07. The number of fused-ring (bicyclic) bond motifs is 1. The number of hydrogen-bond donors (Lipinski definition) is 1. The van der Waals surface area contributed by atoms with E-state index in [1.54, 1.807) is 6.07 Å². The van der Waals surface area contributed by atoms with Crippen molar-refractivity contribution in [1.29, 1.82) is 0 Å². The number of piperidine rings is 1. The van der Waals surface area contributed by atoms with Gasteiger partial charge in [0.1, 0.15) is 5.58 Å². The molecule has 1 aliphatic rings. The second kappa shape index (κ2) is 7.47. The van der Waals surface area contributed by atoms with E-state index in [-0.39, 0.29) is 18.0 Å². The van der Waals surface area contributed by atoms with E-state index >= 15 is 0 Å². The predicted molar refractivity (Wildman–Crippen MR) is 96.1 cm³/mol. The molecule has 0 aliphatic carbocycles. The molecule has 0 amide bonds. The average molecular weight is 337 g/mol. The molecule has 0 radical (unpaired) electrons. The largest absolute Gasteiger partial charge is 0.423 e. The maximum atomic E-state index is 11.9. The number of hydrogen-bond acceptors (Lipinski definition) is 4. The summed E-state index contributed by atoms with van der Waals surface area (Å²) in [4.78, 5) is 14.3. The quantitative estimate of drug-likeness (QED) is 0.875. The van der Waals surface area contributed by atoms with Crippen LogP contribution >= 0.6 is 12.4 Å². The molecule has 0 spiro atoms. The number of nitrogens with zero attached hydrogens (tertiary/aromatic N) is 1. The zero-order chi connectivity index (χ0) is 15.7. The molecular weight excluding hydrogens is 312 g/mol. The van der Waals surface area contributed by atoms with Crippen molar-refractivity contribution in [2.24, 2.45) is 11.7 Å². The second-order valence-electron chi connectivity index (χ2n) is 6.58. The van der Waals surface area contributed by atoms with Crippen LogP contribution in [0.2, 0.25) is 0 Å². The van der Waals surface area contributed by atoms with Crippen LogP contribution in [-0.4, -0.2) is 24.0 Å². The lowest BCUT2D eigenvalue weighted by Crippen LogP contribution is -2.45. The monoisotopic (exact) mass is 336 g/mol. The highest BCUT2D eigenvalue weighted by Gasteiger charge is 2.25. The summed E-state index contributed by atoms with van der Waals surface area (Å²) >= 11 is 0. The number of aryl methyl sites for hydroxylation is 1. The Labute approximate surface area is 143 Å². The Morgan fingerprint density at radius 3 is 2.87 bits per heavy atom. The maximum absolute atomic E-state index is 11.9. The molecule has 1 aliphatic heterocycles. The van der Waals surface area contributed by atoms with Crippen LogP contribution in [0.15, 0.2) is 33.5 Å². The van der Waals surface area contributed by atoms with Gasteiger partial charge in [0.2, 0.25) is 0 Å². The third-order valence-electron chi connectivity index (χ3n) is 4.73. The standard InChI is InChI=1S/C18H24N2O2.ClH/c1-12-3-4-16-14(9-18(21)22-17(16)8-12)11-20-6-5-13(2)7-15(20)10-19;/h3-4,8-9,13,15H,5-7,10-11,19H2,1-2H3;1H. The van der Waals surface area contributed by atoms with Gasteiger partial charge in [-0.25, -0.2) is 4.79 Å². The van der Waals surface area contributed by atoms with Gasteiger partial charge in [-0.2, -0.15) is 0 Å². The Morgan fingerprint density at radius 1 is 1.35 bits per heavy atom. The summed E-state index contributed by atoms with van der Waals surface area (Å²) in [5.41, 5.74) is 8.49. The van der Waals surface area contributed by atoms with Crippen LogP contribution in [0.5, 0.6) is 0 Å². The van der Waals surface area contributed by atoms with Gasteiger partial charge in [0.25, 0.3) is 0 Å². The van der Waals surface area contributed by atoms with Crippen molar-refractivity contribution in [3.8, 4) is 0 Å². The molecule has 23 heavy (non-hydrogen) atoms. The molecule has 5 heteroatoms. The van der Waals surface area contributed by atoms with E-state index in [1.807, 2.05) is 19.1 Å². The van der Waals surface area contributed by atoms with Gasteiger partial charge in [-0.1, -0.05) is 19.1 Å². The highest BCUT2D eigenvalue weighted by atomic mass is 35.5. The second-order valence-corrected chi connectivity index (χ2v) is 6.58. The van der Waals surface area contributed by atoms with Gasteiger partial charge in [0.15, 0.2) is 0 Å². The predicted octanol–water partition coefficient (Wildman–Crippen LogP) is 3.08. The molecule has 1 fully saturated rings. The van der Waals surface area contributed by atoms with Crippen LogP contribution in [0, 0.1) is 12.8 Å². The molecule has 1 aromatic carbocycles. The molecule has 2 N–H and O–H groups in total. The highest BCUT2D eigenvalue weighted by Crippen LogP contribution is 2.26. The Balaban J connectivity index is 0.00000192. The molecule has 0 saturated carbocycles. The molecule has 2 unspecified atom stereocenters. The van der Waals surface area contributed by atoms with Gasteiger partial charge in [-0.05, 0) is 49.4 Å². The van der Waals surface area contributed by atoms with E-state index in [0.29, 0.717) is 18.2 Å². The van der Waals surface area contributed by atoms with E-state index in [4.69, 9.17) is 10.2 Å². The Kier molecular flexibility index (Phi) is 5.84. The first kappa shape index (κ1) is 18.0. The molecule has 0 bridgehead atoms. The van der Waals surface area contributed by atoms with E-state index in [9.17, 15) is 4.79 Å². The van der Waals surface area contributed by atoms with Crippen molar-refractivity contribution in [2.45, 2.75) is 39.3 Å². The first-order valence-corrected chi connectivity index (χ1v) is 8.04. The zero-order valence-electron chi connectivity index (χ0n) is 13.7. The zero-order valence-corrected chi connectivity index (χ0v) is 14.6. The van der Waals surface area contributed by atoms with Crippen LogP contribution in [-0.2, 0) is 6.54 Å². The van der Waals surface area contributed by atoms with Gasteiger partial charge in [-0.15, -0.1) is 12.4 Å². The fourth-order valence-corrected chi connectivity index (χ4v) is 3.44. The molecule has 1 aromatic heterocycles. The van der Waals surface area contributed by atoms with Gasteiger partial charge >= 0.3 is 5.63 Å². The molecule has 1 saturated heterocycles. The first-order chi connectivity index (χ1) is 10.6. The Hall–Kier alpha value is -1.36. The van der Waals surface area contributed by atoms with E-state index < -0.39 is 0 Å². The van der Waals surface area contributed by atoms with Gasteiger partial charge in [0, 0.05) is 30.6 Å². The fraction of sp³-hybridized carbons (Fsp3) is 0.500. The minimum absolute atomic E-state index is 0. The topological polar surface area (TPSA) is 59.5 Å². The molecule has 126 valence electrons. The van der Waals surface area contributed by atoms with Crippen LogP contribution in [0.4, 0.5) is 0 Å². The lowest BCUT2D eigenvalue weighted by molar-refractivity contribution is 0.115. The van der Waals surface area contributed by atoms with Crippen molar-refractivity contribution < 1.29 is 4.42 Å². The lowest BCUT2D eigenvalue weighted by Gasteiger charge is -2.38. The van der Waals surface area contributed by atoms with Crippen molar-refractivity contribution in [1.82, 2.24) is 4.90 Å². The van der Waals surface area contributed by atoms with E-state index in [1.165, 1.54) is 6.42 Å². The Morgan fingerprint density at radius 2 is 2.13 bits per heavy atom. The van der Waals surface area contributed by atoms with E-state index in [2.05, 4.69) is 17.9 Å². The first-order valence-electron chi connectivity index (χ1n) is 8.04. The normalized spacial score (nSPS) is 22.0. The molecule has 2 aromatic rings. The Bertz CT molecular complexity index is 729. The number of halogens is 1. The lowest BCUT2D eigenvalue weighted by atomic mass is 9.92. The smallest absolute Gasteiger partial charge is 0.336 e.